The summed E-state index contributed by atoms with van der Waals surface area (Å²) < 4.78 is 62.8. The number of rotatable bonds is 23. The van der Waals surface area contributed by atoms with Crippen LogP contribution in [0, 0.1) is 0 Å². The molecule has 0 aliphatic carbocycles. The van der Waals surface area contributed by atoms with Crippen LogP contribution in [0.25, 0.3) is 0 Å². The normalized spacial score (nSPS) is 12.3. The highest BCUT2D eigenvalue weighted by atomic mass is 32.2. The summed E-state index contributed by atoms with van der Waals surface area (Å²) in [4.78, 5) is 0. The Morgan fingerprint density at radius 3 is 1.07 bits per heavy atom. The van der Waals surface area contributed by atoms with Crippen molar-refractivity contribution in [2.45, 2.75) is 31.0 Å². The van der Waals surface area contributed by atoms with Gasteiger partial charge in [0.05, 0.1) is 0 Å². The van der Waals surface area contributed by atoms with Crippen molar-refractivity contribution in [3.05, 3.63) is 12.3 Å². The summed E-state index contributed by atoms with van der Waals surface area (Å²) >= 11 is 5.95. The first-order chi connectivity index (χ1) is 19.1. The van der Waals surface area contributed by atoms with Gasteiger partial charge in [-0.1, -0.05) is 6.58 Å². The van der Waals surface area contributed by atoms with Crippen molar-refractivity contribution in [1.82, 2.24) is 0 Å². The lowest BCUT2D eigenvalue weighted by Gasteiger charge is -2.25. The number of hydrogen-bond donors (Lipinski definition) is 1. The first-order valence-electron chi connectivity index (χ1n) is 12.5. The van der Waals surface area contributed by atoms with Gasteiger partial charge in [-0.2, -0.15) is 24.4 Å². The molecule has 0 aliphatic rings. The fraction of sp³-hybridized carbons (Fsp3) is 0.909. The molecule has 18 heteroatoms. The monoisotopic (exact) mass is 688 g/mol. The van der Waals surface area contributed by atoms with Crippen LogP contribution < -0.4 is 0 Å². The number of thioether (sulfide) groups is 1. The summed E-state index contributed by atoms with van der Waals surface area (Å²) in [5, 5.41) is 0. The second-order valence-electron chi connectivity index (χ2n) is 7.60. The van der Waals surface area contributed by atoms with Crippen LogP contribution in [0.1, 0.15) is 12.8 Å². The predicted molar refractivity (Wildman–Crippen MR) is 172 cm³/mol. The molecule has 0 saturated heterocycles. The van der Waals surface area contributed by atoms with Gasteiger partial charge in [0.1, 0.15) is 0 Å². The molecule has 0 saturated carbocycles. The molecule has 0 aromatic heterocycles. The first kappa shape index (κ1) is 45.3. The van der Waals surface area contributed by atoms with Crippen molar-refractivity contribution < 1.29 is 53.1 Å². The van der Waals surface area contributed by atoms with Crippen molar-refractivity contribution in [1.29, 1.82) is 0 Å². The summed E-state index contributed by atoms with van der Waals surface area (Å²) in [6.45, 7) is 3.53. The fourth-order valence-corrected chi connectivity index (χ4v) is 11.6. The average Bonchev–Trinajstić information content (AvgIpc) is 3.02. The lowest BCUT2D eigenvalue weighted by atomic mass is 10.6. The van der Waals surface area contributed by atoms with Crippen LogP contribution in [-0.4, -0.2) is 138 Å². The minimum atomic E-state index is -2.43. The fourth-order valence-electron chi connectivity index (χ4n) is 3.15. The van der Waals surface area contributed by atoms with Gasteiger partial charge in [0.15, 0.2) is 0 Å². The van der Waals surface area contributed by atoms with E-state index in [-0.39, 0.29) is 0 Å². The Balaban J connectivity index is -0.000000575. The Morgan fingerprint density at radius 2 is 0.825 bits per heavy atom. The maximum atomic E-state index is 5.38. The van der Waals surface area contributed by atoms with Crippen molar-refractivity contribution in [3.63, 3.8) is 0 Å². The summed E-state index contributed by atoms with van der Waals surface area (Å²) in [5.74, 6) is 2.81. The third-order valence-electron chi connectivity index (χ3n) is 5.87. The van der Waals surface area contributed by atoms with Crippen molar-refractivity contribution in [2.24, 2.45) is 0 Å². The molecule has 0 aromatic rings. The van der Waals surface area contributed by atoms with Crippen LogP contribution in [0.5, 0.6) is 0 Å². The van der Waals surface area contributed by atoms with E-state index in [0.29, 0.717) is 0 Å². The predicted octanol–water partition coefficient (Wildman–Crippen LogP) is 3.64. The molecule has 0 heterocycles. The van der Waals surface area contributed by atoms with E-state index in [1.165, 1.54) is 0 Å². The zero-order valence-electron chi connectivity index (χ0n) is 26.7. The van der Waals surface area contributed by atoms with Crippen molar-refractivity contribution in [3.8, 4) is 0 Å². The van der Waals surface area contributed by atoms with Gasteiger partial charge in [-0.15, -0.1) is 0 Å². The van der Waals surface area contributed by atoms with Crippen molar-refractivity contribution >= 4 is 59.6 Å². The van der Waals surface area contributed by atoms with Gasteiger partial charge in [0.2, 0.25) is 0 Å². The van der Waals surface area contributed by atoms with Crippen LogP contribution in [0.3, 0.4) is 0 Å². The van der Waals surface area contributed by atoms with Crippen LogP contribution in [-0.2, 0) is 53.1 Å². The van der Waals surface area contributed by atoms with Gasteiger partial charge >= 0.3 is 35.2 Å². The molecule has 12 nitrogen and oxygen atoms in total. The Kier molecular flexibility index (Phi) is 31.0. The number of thiol groups is 1. The lowest BCUT2D eigenvalue weighted by Crippen LogP contribution is -2.43. The molecule has 0 spiro atoms. The maximum absolute atomic E-state index is 5.38. The van der Waals surface area contributed by atoms with E-state index >= 15 is 0 Å². The van der Waals surface area contributed by atoms with E-state index in [0.717, 1.165) is 48.2 Å². The highest BCUT2D eigenvalue weighted by Crippen LogP contribution is 2.20. The largest absolute Gasteiger partial charge is 0.528 e. The van der Waals surface area contributed by atoms with E-state index in [9.17, 15) is 0 Å². The summed E-state index contributed by atoms with van der Waals surface area (Å²) in [7, 11) is 9.78. The second kappa shape index (κ2) is 27.4. The van der Waals surface area contributed by atoms with Crippen LogP contribution in [0.15, 0.2) is 12.3 Å². The SMILES string of the molecule is C=C[Si](OC)(OC)OC.CO[Si](CCCS)(OC)OC.CO[Si](CCCSCC[Si](OC)(OC)OC)(OC)OC. The molecule has 244 valence electrons. The van der Waals surface area contributed by atoms with E-state index < -0.39 is 35.2 Å². The first-order valence-corrected chi connectivity index (χ1v) is 21.9. The maximum Gasteiger partial charge on any atom is 0.528 e. The van der Waals surface area contributed by atoms with Crippen molar-refractivity contribution in [2.75, 3.05) is 103 Å². The van der Waals surface area contributed by atoms with Gasteiger partial charge in [0, 0.05) is 103 Å². The standard InChI is InChI=1S/C11H28O6SSi2.C6H16O3SSi.C5H12O3Si/c1-12-19(13-2,14-3)10-7-8-18-9-11-20(15-4,16-5)17-6;1-7-11(8-2,9-3)6-4-5-10;1-5-9(6-2,7-3)8-4/h7-11H2,1-6H3;10H,4-6H2,1-3H3;5H,1H2,2-4H3. The summed E-state index contributed by atoms with van der Waals surface area (Å²) in [6, 6.07) is 2.47. The summed E-state index contributed by atoms with van der Waals surface area (Å²) in [6.07, 6.45) is 1.96. The molecule has 40 heavy (non-hydrogen) atoms. The third kappa shape index (κ3) is 17.8. The molecule has 0 aliphatic heterocycles. The molecule has 0 bridgehead atoms. The molecular formula is C22H56O12S2Si4. The highest BCUT2D eigenvalue weighted by Gasteiger charge is 2.38. The Hall–Kier alpha value is 0.828. The minimum Gasteiger partial charge on any atom is -0.377 e. The van der Waals surface area contributed by atoms with E-state index in [1.807, 2.05) is 11.8 Å². The number of hydrogen-bond acceptors (Lipinski definition) is 14. The smallest absolute Gasteiger partial charge is 0.377 e. The van der Waals surface area contributed by atoms with Gasteiger partial charge in [-0.25, -0.2) is 0 Å². The zero-order valence-corrected chi connectivity index (χ0v) is 32.4. The molecule has 0 rings (SSSR count). The molecule has 0 fully saturated rings. The third-order valence-corrected chi connectivity index (χ3v) is 18.2. The minimum absolute atomic E-state index is 0.808. The van der Waals surface area contributed by atoms with Crippen LogP contribution >= 0.6 is 24.4 Å². The lowest BCUT2D eigenvalue weighted by molar-refractivity contribution is 0.123. The highest BCUT2D eigenvalue weighted by molar-refractivity contribution is 7.99. The molecule has 0 unspecified atom stereocenters. The second-order valence-corrected chi connectivity index (χ2v) is 21.4. The molecule has 0 radical (unpaired) electrons. The van der Waals surface area contributed by atoms with Gasteiger partial charge < -0.3 is 53.1 Å². The van der Waals surface area contributed by atoms with Gasteiger partial charge in [0.25, 0.3) is 0 Å². The van der Waals surface area contributed by atoms with Crippen LogP contribution in [0.2, 0.25) is 18.1 Å². The zero-order chi connectivity index (χ0) is 31.6. The quantitative estimate of drug-likeness (QED) is 0.0960. The topological polar surface area (TPSA) is 111 Å². The van der Waals surface area contributed by atoms with E-state index in [1.54, 1.807) is 91.0 Å². The summed E-state index contributed by atoms with van der Waals surface area (Å²) in [5.41, 5.74) is 1.58. The van der Waals surface area contributed by atoms with E-state index in [4.69, 9.17) is 53.1 Å². The van der Waals surface area contributed by atoms with E-state index in [2.05, 4.69) is 19.2 Å². The molecule has 0 amide bonds. The Labute approximate surface area is 257 Å². The average molecular weight is 689 g/mol. The molecule has 0 aromatic carbocycles. The Morgan fingerprint density at radius 1 is 0.500 bits per heavy atom. The van der Waals surface area contributed by atoms with Crippen LogP contribution in [0.4, 0.5) is 0 Å². The Bertz CT molecular complexity index is 515. The molecular weight excluding hydrogens is 633 g/mol. The molecule has 0 N–H and O–H groups in total. The molecule has 0 atom stereocenters. The van der Waals surface area contributed by atoms with Gasteiger partial charge in [-0.3, -0.25) is 0 Å². The van der Waals surface area contributed by atoms with Gasteiger partial charge in [-0.05, 0) is 35.8 Å².